The second-order valence-electron chi connectivity index (χ2n) is 17.4. The van der Waals surface area contributed by atoms with Crippen LogP contribution in [0.4, 0.5) is 51.2 Å². The lowest BCUT2D eigenvalue weighted by molar-refractivity contribution is 0.851. The van der Waals surface area contributed by atoms with Gasteiger partial charge in [-0.25, -0.2) is 0 Å². The predicted molar refractivity (Wildman–Crippen MR) is 253 cm³/mol. The van der Waals surface area contributed by atoms with Gasteiger partial charge in [0.05, 0.1) is 34.1 Å². The monoisotopic (exact) mass is 768 g/mol. The normalized spacial score (nSPS) is 14.4. The molecule has 1 unspecified atom stereocenters. The third-order valence-electron chi connectivity index (χ3n) is 11.9. The van der Waals surface area contributed by atoms with Crippen LogP contribution < -0.4 is 59.7 Å². The summed E-state index contributed by atoms with van der Waals surface area (Å²) in [5.41, 5.74) is 15.3. The Balaban J connectivity index is 2.64. The van der Waals surface area contributed by atoms with Crippen molar-refractivity contribution in [2.45, 2.75) is 27.7 Å². The van der Waals surface area contributed by atoms with Crippen molar-refractivity contribution in [1.82, 2.24) is 0 Å². The zero-order chi connectivity index (χ0) is 41.8. The minimum Gasteiger partial charge on any atom is -0.378 e. The molecule has 9 nitrogen and oxygen atoms in total. The van der Waals surface area contributed by atoms with Crippen LogP contribution in [-0.4, -0.2) is 135 Å². The summed E-state index contributed by atoms with van der Waals surface area (Å²) in [4.78, 5) is 20.8. The average Bonchev–Trinajstić information content (AvgIpc) is 3.28. The van der Waals surface area contributed by atoms with Gasteiger partial charge in [0, 0.05) is 144 Å². The molecule has 0 spiro atoms. The Morgan fingerprint density at radius 3 is 0.727 bits per heavy atom. The molecule has 0 amide bonds. The van der Waals surface area contributed by atoms with E-state index in [-0.39, 0.29) is 5.92 Å². The molecule has 302 valence electrons. The highest BCUT2D eigenvalue weighted by Gasteiger charge is 2.53. The van der Waals surface area contributed by atoms with Gasteiger partial charge in [0.2, 0.25) is 0 Å². The van der Waals surface area contributed by atoms with Gasteiger partial charge < -0.3 is 44.1 Å². The van der Waals surface area contributed by atoms with Crippen LogP contribution in [0.5, 0.6) is 0 Å². The van der Waals surface area contributed by atoms with Crippen LogP contribution in [0.3, 0.4) is 0 Å². The number of anilines is 9. The molecule has 0 aromatic heterocycles. The summed E-state index contributed by atoms with van der Waals surface area (Å²) in [7, 11) is 36.1. The first-order valence-electron chi connectivity index (χ1n) is 19.4. The second kappa shape index (κ2) is 16.0. The van der Waals surface area contributed by atoms with E-state index in [2.05, 4.69) is 235 Å². The standard InChI is InChI=1S/C45H73N9Si/c1-29-30(2)32(4)45(31(29)3)55(42-26-36(49(11)12)33(46(5)6)23-39(42)52(17)18,43-27-37(50(13)14)34(47(7)8)24-40(43)53(19)20)44-28-38(51(15)16)35(48(9)10)25-41(44)54(21)22/h23-28,31H,1-22H3. The zero-order valence-corrected chi connectivity index (χ0v) is 39.6. The van der Waals surface area contributed by atoms with E-state index in [1.807, 2.05) is 0 Å². The Bertz CT molecular complexity index is 1780. The maximum Gasteiger partial charge on any atom is 0.183 e. The molecule has 4 rings (SSSR count). The Morgan fingerprint density at radius 2 is 0.545 bits per heavy atom. The van der Waals surface area contributed by atoms with Crippen LogP contribution in [0.1, 0.15) is 27.7 Å². The van der Waals surface area contributed by atoms with Crippen molar-refractivity contribution in [3.05, 3.63) is 58.3 Å². The number of allylic oxidation sites excluding steroid dienone is 4. The molecule has 1 aliphatic rings. The van der Waals surface area contributed by atoms with Crippen molar-refractivity contribution in [1.29, 1.82) is 0 Å². The molecule has 3 aromatic carbocycles. The molecule has 0 heterocycles. The summed E-state index contributed by atoms with van der Waals surface area (Å²) in [6.07, 6.45) is 0. The van der Waals surface area contributed by atoms with Gasteiger partial charge in [0.1, 0.15) is 0 Å². The van der Waals surface area contributed by atoms with Crippen LogP contribution in [0.2, 0.25) is 0 Å². The van der Waals surface area contributed by atoms with Crippen molar-refractivity contribution in [3.8, 4) is 0 Å². The summed E-state index contributed by atoms with van der Waals surface area (Å²) in [5, 5.41) is 5.74. The van der Waals surface area contributed by atoms with Gasteiger partial charge in [-0.15, -0.1) is 0 Å². The summed E-state index contributed by atoms with van der Waals surface area (Å²) in [6.45, 7) is 9.59. The zero-order valence-electron chi connectivity index (χ0n) is 38.6. The van der Waals surface area contributed by atoms with E-state index in [9.17, 15) is 0 Å². The highest BCUT2D eigenvalue weighted by molar-refractivity contribution is 7.18. The smallest absolute Gasteiger partial charge is 0.183 e. The molecule has 3 aromatic rings. The van der Waals surface area contributed by atoms with Crippen molar-refractivity contribution in [3.63, 3.8) is 0 Å². The molecule has 0 bridgehead atoms. The maximum absolute atomic E-state index is 3.35. The van der Waals surface area contributed by atoms with E-state index in [0.717, 1.165) is 0 Å². The molecule has 0 saturated carbocycles. The third-order valence-corrected chi connectivity index (χ3v) is 17.1. The van der Waals surface area contributed by atoms with Gasteiger partial charge in [0.15, 0.2) is 8.07 Å². The second-order valence-corrected chi connectivity index (χ2v) is 21.1. The molecule has 55 heavy (non-hydrogen) atoms. The minimum atomic E-state index is -3.35. The largest absolute Gasteiger partial charge is 0.378 e. The van der Waals surface area contributed by atoms with Gasteiger partial charge in [-0.2, -0.15) is 0 Å². The number of nitrogens with zero attached hydrogens (tertiary/aromatic N) is 9. The van der Waals surface area contributed by atoms with E-state index < -0.39 is 8.07 Å². The molecule has 10 heteroatoms. The Hall–Kier alpha value is -4.44. The van der Waals surface area contributed by atoms with Crippen molar-refractivity contribution in [2.24, 2.45) is 5.92 Å². The first-order chi connectivity index (χ1) is 25.4. The SMILES string of the molecule is CC1=C(C)C(C)C([Si](c2cc(N(C)C)c(N(C)C)cc2N(C)C)(c2cc(N(C)C)c(N(C)C)cc2N(C)C)c2cc(N(C)C)c(N(C)C)cc2N(C)C)=C1C. The fraction of sp³-hybridized carbons (Fsp3) is 0.511. The van der Waals surface area contributed by atoms with Crippen molar-refractivity contribution < 1.29 is 0 Å². The molecule has 0 aliphatic heterocycles. The van der Waals surface area contributed by atoms with Crippen molar-refractivity contribution >= 4 is 74.8 Å². The quantitative estimate of drug-likeness (QED) is 0.163. The van der Waals surface area contributed by atoms with Crippen molar-refractivity contribution in [2.75, 3.05) is 171 Å². The lowest BCUT2D eigenvalue weighted by Crippen LogP contribution is -2.71. The topological polar surface area (TPSA) is 29.2 Å². The van der Waals surface area contributed by atoms with Gasteiger partial charge in [-0.3, -0.25) is 0 Å². The molecular formula is C45H73N9Si. The molecule has 0 saturated heterocycles. The summed E-state index contributed by atoms with van der Waals surface area (Å²) in [5.74, 6) is 0.232. The maximum atomic E-state index is 2.57. The van der Waals surface area contributed by atoms with Gasteiger partial charge in [-0.05, 0) is 84.2 Å². The highest BCUT2D eigenvalue weighted by atomic mass is 28.3. The number of rotatable bonds is 13. The van der Waals surface area contributed by atoms with Crippen LogP contribution in [0.25, 0.3) is 0 Å². The Kier molecular flexibility index (Phi) is 12.6. The van der Waals surface area contributed by atoms with Gasteiger partial charge in [-0.1, -0.05) is 23.3 Å². The van der Waals surface area contributed by atoms with E-state index in [1.165, 1.54) is 83.5 Å². The van der Waals surface area contributed by atoms with Crippen LogP contribution in [0, 0.1) is 5.92 Å². The van der Waals surface area contributed by atoms with Crippen LogP contribution in [-0.2, 0) is 0 Å². The van der Waals surface area contributed by atoms with E-state index in [1.54, 1.807) is 5.20 Å². The molecule has 0 radical (unpaired) electrons. The molecule has 1 atom stereocenters. The number of benzene rings is 3. The molecular weight excluding hydrogens is 695 g/mol. The van der Waals surface area contributed by atoms with Gasteiger partial charge >= 0.3 is 0 Å². The fourth-order valence-corrected chi connectivity index (χ4v) is 15.2. The highest BCUT2D eigenvalue weighted by Crippen LogP contribution is 2.47. The van der Waals surface area contributed by atoms with E-state index >= 15 is 0 Å². The first kappa shape index (κ1) is 43.3. The number of hydrogen-bond donors (Lipinski definition) is 0. The molecule has 0 fully saturated rings. The molecule has 1 aliphatic carbocycles. The summed E-state index contributed by atoms with van der Waals surface area (Å²) < 4.78 is 0. The molecule has 0 N–H and O–H groups in total. The number of hydrogen-bond acceptors (Lipinski definition) is 9. The summed E-state index contributed by atoms with van der Waals surface area (Å²) in [6, 6.07) is 15.0. The van der Waals surface area contributed by atoms with E-state index in [4.69, 9.17) is 0 Å². The third kappa shape index (κ3) is 7.34. The van der Waals surface area contributed by atoms with E-state index in [0.29, 0.717) is 0 Å². The fourth-order valence-electron chi connectivity index (χ4n) is 8.70. The minimum absolute atomic E-state index is 0.232. The first-order valence-corrected chi connectivity index (χ1v) is 21.4. The van der Waals surface area contributed by atoms with Gasteiger partial charge in [0.25, 0.3) is 0 Å². The van der Waals surface area contributed by atoms with Crippen LogP contribution in [0.15, 0.2) is 58.3 Å². The Labute approximate surface area is 336 Å². The summed E-state index contributed by atoms with van der Waals surface area (Å²) >= 11 is 0. The Morgan fingerprint density at radius 1 is 0.327 bits per heavy atom. The lowest BCUT2D eigenvalue weighted by atomic mass is 10.1. The van der Waals surface area contributed by atoms with Crippen LogP contribution >= 0.6 is 0 Å². The lowest BCUT2D eigenvalue weighted by Gasteiger charge is -2.45. The predicted octanol–water partition coefficient (Wildman–Crippen LogP) is 5.59. The average molecular weight is 768 g/mol.